The van der Waals surface area contributed by atoms with Gasteiger partial charge in [0.05, 0.1) is 13.0 Å². The molecule has 0 N–H and O–H groups in total. The molecule has 0 aliphatic carbocycles. The second kappa shape index (κ2) is 9.47. The fourth-order valence-electron chi connectivity index (χ4n) is 4.38. The first kappa shape index (κ1) is 20.7. The van der Waals surface area contributed by atoms with Crippen molar-refractivity contribution in [2.45, 2.75) is 31.6 Å². The van der Waals surface area contributed by atoms with Crippen molar-refractivity contribution in [1.29, 1.82) is 0 Å². The fraction of sp³-hybridized carbons (Fsp3) is 0.458. The Kier molecular flexibility index (Phi) is 6.53. The summed E-state index contributed by atoms with van der Waals surface area (Å²) in [7, 11) is 1.62. The third kappa shape index (κ3) is 4.59. The number of amides is 1. The lowest BCUT2D eigenvalue weighted by Crippen LogP contribution is -2.33. The minimum Gasteiger partial charge on any atom is -0.493 e. The Morgan fingerprint density at radius 3 is 2.63 bits per heavy atom. The molecule has 5 nitrogen and oxygen atoms in total. The van der Waals surface area contributed by atoms with E-state index in [1.807, 2.05) is 18.2 Å². The number of carbonyl (C=O) groups excluding carboxylic acids is 1. The van der Waals surface area contributed by atoms with Gasteiger partial charge in [-0.2, -0.15) is 0 Å². The number of nitrogens with zero attached hydrogens (tertiary/aromatic N) is 2. The molecule has 2 saturated heterocycles. The van der Waals surface area contributed by atoms with E-state index in [-0.39, 0.29) is 17.6 Å². The van der Waals surface area contributed by atoms with E-state index in [0.717, 1.165) is 25.2 Å². The zero-order valence-electron chi connectivity index (χ0n) is 17.5. The van der Waals surface area contributed by atoms with Crippen LogP contribution in [0.2, 0.25) is 0 Å². The summed E-state index contributed by atoms with van der Waals surface area (Å²) in [5, 5.41) is 0. The molecule has 0 saturated carbocycles. The highest BCUT2D eigenvalue weighted by molar-refractivity contribution is 6.00. The summed E-state index contributed by atoms with van der Waals surface area (Å²) in [6, 6.07) is 11.9. The van der Waals surface area contributed by atoms with Crippen molar-refractivity contribution in [2.75, 3.05) is 44.8 Å². The zero-order chi connectivity index (χ0) is 20.9. The fourth-order valence-corrected chi connectivity index (χ4v) is 4.38. The van der Waals surface area contributed by atoms with Gasteiger partial charge >= 0.3 is 0 Å². The van der Waals surface area contributed by atoms with Gasteiger partial charge in [-0.3, -0.25) is 9.69 Å². The Morgan fingerprint density at radius 2 is 1.87 bits per heavy atom. The van der Waals surface area contributed by atoms with Crippen LogP contribution in [0.15, 0.2) is 42.5 Å². The minimum atomic E-state index is -0.336. The molecule has 0 spiro atoms. The lowest BCUT2D eigenvalue weighted by Gasteiger charge is -2.26. The number of ether oxygens (including phenoxy) is 2. The molecule has 30 heavy (non-hydrogen) atoms. The Bertz CT molecular complexity index is 883. The molecule has 6 heteroatoms. The molecule has 0 bridgehead atoms. The van der Waals surface area contributed by atoms with Crippen molar-refractivity contribution in [3.05, 3.63) is 53.8 Å². The molecule has 1 amide bonds. The van der Waals surface area contributed by atoms with E-state index in [1.165, 1.54) is 31.4 Å². The van der Waals surface area contributed by atoms with Crippen LogP contribution in [-0.4, -0.2) is 50.7 Å². The Labute approximate surface area is 177 Å². The van der Waals surface area contributed by atoms with E-state index in [2.05, 4.69) is 4.90 Å². The smallest absolute Gasteiger partial charge is 0.234 e. The van der Waals surface area contributed by atoms with Gasteiger partial charge in [0, 0.05) is 18.8 Å². The van der Waals surface area contributed by atoms with Gasteiger partial charge in [0.15, 0.2) is 11.5 Å². The summed E-state index contributed by atoms with van der Waals surface area (Å²) >= 11 is 0. The SMILES string of the molecule is COc1ccc(C2CCN(c3cccc(F)c3)C2=O)cc1OCCN1CCCCC1. The molecular formula is C24H29FN2O3. The van der Waals surface area contributed by atoms with Crippen LogP contribution in [-0.2, 0) is 4.79 Å². The molecule has 1 atom stereocenters. The van der Waals surface area contributed by atoms with Crippen molar-refractivity contribution in [1.82, 2.24) is 4.90 Å². The highest BCUT2D eigenvalue weighted by atomic mass is 19.1. The number of benzene rings is 2. The van der Waals surface area contributed by atoms with E-state index in [4.69, 9.17) is 9.47 Å². The number of hydrogen-bond donors (Lipinski definition) is 0. The largest absolute Gasteiger partial charge is 0.493 e. The van der Waals surface area contributed by atoms with Gasteiger partial charge < -0.3 is 14.4 Å². The molecule has 1 unspecified atom stereocenters. The predicted molar refractivity (Wildman–Crippen MR) is 115 cm³/mol. The summed E-state index contributed by atoms with van der Waals surface area (Å²) in [4.78, 5) is 17.1. The van der Waals surface area contributed by atoms with Crippen LogP contribution in [0.4, 0.5) is 10.1 Å². The number of methoxy groups -OCH3 is 1. The van der Waals surface area contributed by atoms with Crippen molar-refractivity contribution < 1.29 is 18.7 Å². The Morgan fingerprint density at radius 1 is 1.03 bits per heavy atom. The molecule has 4 rings (SSSR count). The minimum absolute atomic E-state index is 0.00923. The van der Waals surface area contributed by atoms with Crippen LogP contribution in [0.5, 0.6) is 11.5 Å². The maximum Gasteiger partial charge on any atom is 0.234 e. The first-order valence-corrected chi connectivity index (χ1v) is 10.8. The van der Waals surface area contributed by atoms with E-state index in [1.54, 1.807) is 24.1 Å². The lowest BCUT2D eigenvalue weighted by molar-refractivity contribution is -0.118. The summed E-state index contributed by atoms with van der Waals surface area (Å²) in [5.74, 6) is 0.736. The van der Waals surface area contributed by atoms with E-state index < -0.39 is 0 Å². The number of carbonyl (C=O) groups is 1. The van der Waals surface area contributed by atoms with Crippen molar-refractivity contribution >= 4 is 11.6 Å². The third-order valence-electron chi connectivity index (χ3n) is 6.03. The average molecular weight is 413 g/mol. The number of hydrogen-bond acceptors (Lipinski definition) is 4. The average Bonchev–Trinajstić information content (AvgIpc) is 3.16. The summed E-state index contributed by atoms with van der Waals surface area (Å²) in [6.45, 7) is 4.32. The van der Waals surface area contributed by atoms with Crippen LogP contribution in [0.25, 0.3) is 0 Å². The number of rotatable bonds is 7. The van der Waals surface area contributed by atoms with E-state index >= 15 is 0 Å². The van der Waals surface area contributed by atoms with Crippen LogP contribution < -0.4 is 14.4 Å². The first-order chi connectivity index (χ1) is 14.7. The van der Waals surface area contributed by atoms with Crippen LogP contribution >= 0.6 is 0 Å². The molecule has 2 fully saturated rings. The van der Waals surface area contributed by atoms with Crippen LogP contribution in [0, 0.1) is 5.82 Å². The molecule has 2 aliphatic rings. The number of likely N-dealkylation sites (tertiary alicyclic amines) is 1. The van der Waals surface area contributed by atoms with E-state index in [0.29, 0.717) is 36.8 Å². The lowest BCUT2D eigenvalue weighted by atomic mass is 9.97. The highest BCUT2D eigenvalue weighted by Crippen LogP contribution is 2.37. The topological polar surface area (TPSA) is 42.0 Å². The van der Waals surface area contributed by atoms with Gasteiger partial charge in [-0.05, 0) is 68.2 Å². The second-order valence-electron chi connectivity index (χ2n) is 7.97. The number of anilines is 1. The quantitative estimate of drug-likeness (QED) is 0.683. The van der Waals surface area contributed by atoms with Gasteiger partial charge in [0.2, 0.25) is 5.91 Å². The monoisotopic (exact) mass is 412 g/mol. The highest BCUT2D eigenvalue weighted by Gasteiger charge is 2.34. The van der Waals surface area contributed by atoms with Crippen LogP contribution in [0.3, 0.4) is 0 Å². The van der Waals surface area contributed by atoms with Gasteiger partial charge in [-0.25, -0.2) is 4.39 Å². The molecule has 160 valence electrons. The van der Waals surface area contributed by atoms with Crippen molar-refractivity contribution in [2.24, 2.45) is 0 Å². The molecular weight excluding hydrogens is 383 g/mol. The summed E-state index contributed by atoms with van der Waals surface area (Å²) < 4.78 is 25.1. The molecule has 2 aromatic carbocycles. The first-order valence-electron chi connectivity index (χ1n) is 10.8. The Balaban J connectivity index is 1.45. The van der Waals surface area contributed by atoms with Crippen molar-refractivity contribution in [3.8, 4) is 11.5 Å². The maximum atomic E-state index is 13.6. The molecule has 0 radical (unpaired) electrons. The number of halogens is 1. The summed E-state index contributed by atoms with van der Waals surface area (Å²) in [6.07, 6.45) is 4.51. The molecule has 2 aliphatic heterocycles. The zero-order valence-corrected chi connectivity index (χ0v) is 17.5. The van der Waals surface area contributed by atoms with Crippen molar-refractivity contribution in [3.63, 3.8) is 0 Å². The maximum absolute atomic E-state index is 13.6. The molecule has 2 aromatic rings. The molecule has 2 heterocycles. The standard InChI is InChI=1S/C24H29FN2O3/c1-29-22-9-8-18(16-23(22)30-15-14-26-11-3-2-4-12-26)21-10-13-27(24(21)28)20-7-5-6-19(25)17-20/h5-9,16-17,21H,2-4,10-15H2,1H3. The van der Waals surface area contributed by atoms with Gasteiger partial charge in [0.25, 0.3) is 0 Å². The normalized spacial score (nSPS) is 19.9. The molecule has 0 aromatic heterocycles. The Hall–Kier alpha value is -2.60. The van der Waals surface area contributed by atoms with Gasteiger partial charge in [-0.15, -0.1) is 0 Å². The van der Waals surface area contributed by atoms with E-state index in [9.17, 15) is 9.18 Å². The summed E-state index contributed by atoms with van der Waals surface area (Å²) in [5.41, 5.74) is 1.52. The predicted octanol–water partition coefficient (Wildman–Crippen LogP) is 4.22. The third-order valence-corrected chi connectivity index (χ3v) is 6.03. The van der Waals surface area contributed by atoms with Gasteiger partial charge in [-0.1, -0.05) is 18.6 Å². The number of piperidine rings is 1. The second-order valence-corrected chi connectivity index (χ2v) is 7.97. The van der Waals surface area contributed by atoms with Crippen LogP contribution in [0.1, 0.15) is 37.2 Å². The van der Waals surface area contributed by atoms with Gasteiger partial charge in [0.1, 0.15) is 12.4 Å².